The number of thiophene rings is 1. The lowest BCUT2D eigenvalue weighted by atomic mass is 9.88. The van der Waals surface area contributed by atoms with Gasteiger partial charge in [0.1, 0.15) is 11.9 Å². The highest BCUT2D eigenvalue weighted by Crippen LogP contribution is 2.24. The van der Waals surface area contributed by atoms with Gasteiger partial charge in [-0.3, -0.25) is 14.4 Å². The average Bonchev–Trinajstić information content (AvgIpc) is 3.31. The van der Waals surface area contributed by atoms with Crippen molar-refractivity contribution in [2.24, 2.45) is 11.8 Å². The standard InChI is InChI=1S/C23H28FN3O3S/c1-15(2)14-25-22(29)20(26-21(28)19-8-5-13-31-19)16-9-11-27(12-10-16)23(30)17-6-3-4-7-18(17)24/h3-8,13,15-16,20H,9-12,14H2,1-2H3,(H,25,29)(H,26,28). The third-order valence-corrected chi connectivity index (χ3v) is 6.27. The van der Waals surface area contributed by atoms with E-state index in [1.807, 2.05) is 19.2 Å². The van der Waals surface area contributed by atoms with Gasteiger partial charge >= 0.3 is 0 Å². The Morgan fingerprint density at radius 2 is 1.84 bits per heavy atom. The number of hydrogen-bond donors (Lipinski definition) is 2. The van der Waals surface area contributed by atoms with Crippen LogP contribution in [0.5, 0.6) is 0 Å². The van der Waals surface area contributed by atoms with Gasteiger partial charge in [-0.25, -0.2) is 4.39 Å². The van der Waals surface area contributed by atoms with Crippen molar-refractivity contribution in [3.8, 4) is 0 Å². The molecule has 3 amide bonds. The normalized spacial score (nSPS) is 15.5. The number of rotatable bonds is 7. The van der Waals surface area contributed by atoms with Gasteiger partial charge in [0.05, 0.1) is 10.4 Å². The summed E-state index contributed by atoms with van der Waals surface area (Å²) >= 11 is 1.32. The zero-order valence-electron chi connectivity index (χ0n) is 17.8. The van der Waals surface area contributed by atoms with Crippen molar-refractivity contribution in [2.75, 3.05) is 19.6 Å². The molecule has 2 heterocycles. The number of piperidine rings is 1. The van der Waals surface area contributed by atoms with E-state index in [0.29, 0.717) is 37.4 Å². The Kier molecular flexibility index (Phi) is 7.79. The molecule has 1 aliphatic rings. The summed E-state index contributed by atoms with van der Waals surface area (Å²) in [6.07, 6.45) is 1.09. The van der Waals surface area contributed by atoms with Crippen molar-refractivity contribution in [3.05, 3.63) is 58.0 Å². The van der Waals surface area contributed by atoms with Crippen LogP contribution in [0.1, 0.15) is 46.7 Å². The molecule has 1 aromatic heterocycles. The predicted molar refractivity (Wildman–Crippen MR) is 118 cm³/mol. The number of nitrogens with zero attached hydrogens (tertiary/aromatic N) is 1. The summed E-state index contributed by atoms with van der Waals surface area (Å²) in [6, 6.07) is 8.77. The highest BCUT2D eigenvalue weighted by atomic mass is 32.1. The van der Waals surface area contributed by atoms with Crippen LogP contribution in [-0.4, -0.2) is 48.3 Å². The van der Waals surface area contributed by atoms with Crippen molar-refractivity contribution in [2.45, 2.75) is 32.7 Å². The molecule has 1 unspecified atom stereocenters. The fourth-order valence-electron chi connectivity index (χ4n) is 3.67. The minimum absolute atomic E-state index is 0.0539. The summed E-state index contributed by atoms with van der Waals surface area (Å²) in [5.74, 6) is -1.19. The maximum absolute atomic E-state index is 14.0. The summed E-state index contributed by atoms with van der Waals surface area (Å²) in [5, 5.41) is 7.63. The third-order valence-electron chi connectivity index (χ3n) is 5.40. The van der Waals surface area contributed by atoms with Crippen LogP contribution < -0.4 is 10.6 Å². The topological polar surface area (TPSA) is 78.5 Å². The Balaban J connectivity index is 1.67. The smallest absolute Gasteiger partial charge is 0.262 e. The van der Waals surface area contributed by atoms with Gasteiger partial charge in [0.2, 0.25) is 5.91 Å². The molecule has 0 bridgehead atoms. The van der Waals surface area contributed by atoms with E-state index in [1.165, 1.54) is 23.5 Å². The molecule has 0 aliphatic carbocycles. The molecule has 0 saturated carbocycles. The first-order valence-corrected chi connectivity index (χ1v) is 11.4. The quantitative estimate of drug-likeness (QED) is 0.686. The van der Waals surface area contributed by atoms with Gasteiger partial charge < -0.3 is 15.5 Å². The number of halogens is 1. The predicted octanol–water partition coefficient (Wildman–Crippen LogP) is 3.31. The Morgan fingerprint density at radius 3 is 2.45 bits per heavy atom. The van der Waals surface area contributed by atoms with E-state index < -0.39 is 11.9 Å². The largest absolute Gasteiger partial charge is 0.354 e. The fraction of sp³-hybridized carbons (Fsp3) is 0.435. The summed E-state index contributed by atoms with van der Waals surface area (Å²) in [6.45, 7) is 5.34. The lowest BCUT2D eigenvalue weighted by molar-refractivity contribution is -0.124. The van der Waals surface area contributed by atoms with Crippen molar-refractivity contribution in [3.63, 3.8) is 0 Å². The molecule has 3 rings (SSSR count). The van der Waals surface area contributed by atoms with Crippen LogP contribution in [0, 0.1) is 17.7 Å². The molecule has 1 aromatic carbocycles. The molecule has 166 valence electrons. The summed E-state index contributed by atoms with van der Waals surface area (Å²) in [5.41, 5.74) is 0.0539. The second-order valence-corrected chi connectivity index (χ2v) is 9.12. The van der Waals surface area contributed by atoms with Crippen LogP contribution in [0.2, 0.25) is 0 Å². The van der Waals surface area contributed by atoms with Crippen molar-refractivity contribution >= 4 is 29.1 Å². The number of hydrogen-bond acceptors (Lipinski definition) is 4. The lowest BCUT2D eigenvalue weighted by Crippen LogP contribution is -2.54. The van der Waals surface area contributed by atoms with E-state index in [4.69, 9.17) is 0 Å². The van der Waals surface area contributed by atoms with Crippen molar-refractivity contribution in [1.82, 2.24) is 15.5 Å². The van der Waals surface area contributed by atoms with Gasteiger partial charge in [-0.2, -0.15) is 0 Å². The molecule has 1 aliphatic heterocycles. The maximum Gasteiger partial charge on any atom is 0.262 e. The molecule has 1 saturated heterocycles. The monoisotopic (exact) mass is 445 g/mol. The third kappa shape index (κ3) is 5.91. The number of likely N-dealkylation sites (tertiary alicyclic amines) is 1. The second-order valence-electron chi connectivity index (χ2n) is 8.18. The van der Waals surface area contributed by atoms with Crippen LogP contribution in [0.4, 0.5) is 4.39 Å². The minimum Gasteiger partial charge on any atom is -0.354 e. The Morgan fingerprint density at radius 1 is 1.13 bits per heavy atom. The van der Waals surface area contributed by atoms with E-state index >= 15 is 0 Å². The first kappa shape index (κ1) is 22.9. The molecule has 6 nitrogen and oxygen atoms in total. The fourth-order valence-corrected chi connectivity index (χ4v) is 4.30. The van der Waals surface area contributed by atoms with Crippen LogP contribution >= 0.6 is 11.3 Å². The Labute approximate surface area is 185 Å². The zero-order valence-corrected chi connectivity index (χ0v) is 18.6. The molecule has 1 atom stereocenters. The number of nitrogens with one attached hydrogen (secondary N) is 2. The molecule has 1 fully saturated rings. The molecule has 31 heavy (non-hydrogen) atoms. The maximum atomic E-state index is 14.0. The van der Waals surface area contributed by atoms with Gasteiger partial charge in [0.25, 0.3) is 11.8 Å². The molecule has 0 radical (unpaired) electrons. The molecular formula is C23H28FN3O3S. The van der Waals surface area contributed by atoms with Crippen LogP contribution in [-0.2, 0) is 4.79 Å². The zero-order chi connectivity index (χ0) is 22.4. The van der Waals surface area contributed by atoms with Gasteiger partial charge in [-0.05, 0) is 48.3 Å². The number of carbonyl (C=O) groups excluding carboxylic acids is 3. The van der Waals surface area contributed by atoms with Crippen LogP contribution in [0.25, 0.3) is 0 Å². The number of carbonyl (C=O) groups is 3. The Bertz CT molecular complexity index is 909. The van der Waals surface area contributed by atoms with Crippen molar-refractivity contribution in [1.29, 1.82) is 0 Å². The molecule has 2 aromatic rings. The lowest BCUT2D eigenvalue weighted by Gasteiger charge is -2.36. The van der Waals surface area contributed by atoms with Gasteiger partial charge in [0, 0.05) is 19.6 Å². The SMILES string of the molecule is CC(C)CNC(=O)C(NC(=O)c1cccs1)C1CCN(C(=O)c2ccccc2F)CC1. The first-order valence-electron chi connectivity index (χ1n) is 10.5. The minimum atomic E-state index is -0.681. The molecule has 8 heteroatoms. The van der Waals surface area contributed by atoms with E-state index in [1.54, 1.807) is 29.2 Å². The number of benzene rings is 1. The van der Waals surface area contributed by atoms with Crippen LogP contribution in [0.15, 0.2) is 41.8 Å². The van der Waals surface area contributed by atoms with Gasteiger partial charge in [-0.15, -0.1) is 11.3 Å². The number of amides is 3. The summed E-state index contributed by atoms with van der Waals surface area (Å²) < 4.78 is 14.0. The summed E-state index contributed by atoms with van der Waals surface area (Å²) in [4.78, 5) is 40.3. The van der Waals surface area contributed by atoms with Crippen LogP contribution in [0.3, 0.4) is 0 Å². The van der Waals surface area contributed by atoms with Gasteiger partial charge in [-0.1, -0.05) is 32.0 Å². The van der Waals surface area contributed by atoms with E-state index in [2.05, 4.69) is 10.6 Å². The van der Waals surface area contributed by atoms with E-state index in [9.17, 15) is 18.8 Å². The van der Waals surface area contributed by atoms with E-state index in [-0.39, 0.29) is 35.1 Å². The highest BCUT2D eigenvalue weighted by Gasteiger charge is 2.34. The van der Waals surface area contributed by atoms with Crippen molar-refractivity contribution < 1.29 is 18.8 Å². The summed E-state index contributed by atoms with van der Waals surface area (Å²) in [7, 11) is 0. The van der Waals surface area contributed by atoms with Gasteiger partial charge in [0.15, 0.2) is 0 Å². The second kappa shape index (κ2) is 10.5. The first-order chi connectivity index (χ1) is 14.9. The highest BCUT2D eigenvalue weighted by molar-refractivity contribution is 7.12. The molecular weight excluding hydrogens is 417 g/mol. The molecule has 0 spiro atoms. The average molecular weight is 446 g/mol. The Hall–Kier alpha value is -2.74. The molecule has 2 N–H and O–H groups in total. The van der Waals surface area contributed by atoms with E-state index in [0.717, 1.165) is 0 Å².